The molecule has 0 bridgehead atoms. The van der Waals surface area contributed by atoms with Gasteiger partial charge in [0.15, 0.2) is 0 Å². The Hall–Kier alpha value is -0.420. The van der Waals surface area contributed by atoms with Gasteiger partial charge in [0.25, 0.3) is 0 Å². The number of rotatable bonds is 5. The molecule has 0 aromatic carbocycles. The van der Waals surface area contributed by atoms with E-state index in [2.05, 4.69) is 5.32 Å². The van der Waals surface area contributed by atoms with E-state index < -0.39 is 9.84 Å². The van der Waals surface area contributed by atoms with Crippen LogP contribution in [0.1, 0.15) is 25.7 Å². The van der Waals surface area contributed by atoms with E-state index in [4.69, 9.17) is 0 Å². The topological polar surface area (TPSA) is 63.2 Å². The van der Waals surface area contributed by atoms with E-state index in [1.807, 2.05) is 0 Å². The Bertz CT molecular complexity index is 305. The number of Topliss-reactive ketones (excluding diaryl/α,β-unsaturated/α-hetero) is 1. The molecule has 0 amide bonds. The fourth-order valence-electron chi connectivity index (χ4n) is 1.84. The third kappa shape index (κ3) is 5.28. The first-order valence-corrected chi connectivity index (χ1v) is 7.46. The van der Waals surface area contributed by atoms with E-state index in [1.54, 1.807) is 0 Å². The van der Waals surface area contributed by atoms with Crippen molar-refractivity contribution >= 4 is 15.6 Å². The molecule has 4 nitrogen and oxygen atoms in total. The molecule has 15 heavy (non-hydrogen) atoms. The highest BCUT2D eigenvalue weighted by Gasteiger charge is 2.20. The Balaban J connectivity index is 2.23. The molecule has 0 radical (unpaired) electrons. The van der Waals surface area contributed by atoms with Gasteiger partial charge in [0.1, 0.15) is 15.6 Å². The Kier molecular flexibility index (Phi) is 4.73. The number of nitrogens with one attached hydrogen (secondary N) is 1. The normalized spacial score (nSPS) is 22.6. The summed E-state index contributed by atoms with van der Waals surface area (Å²) in [4.78, 5) is 11.6. The monoisotopic (exact) mass is 233 g/mol. The summed E-state index contributed by atoms with van der Waals surface area (Å²) in [5.41, 5.74) is 0. The van der Waals surface area contributed by atoms with Crippen molar-refractivity contribution in [3.8, 4) is 0 Å². The average molecular weight is 233 g/mol. The zero-order valence-electron chi connectivity index (χ0n) is 9.16. The molecule has 1 aliphatic heterocycles. The first-order valence-electron chi connectivity index (χ1n) is 5.40. The molecule has 1 unspecified atom stereocenters. The van der Waals surface area contributed by atoms with Crippen LogP contribution in [0.2, 0.25) is 0 Å². The van der Waals surface area contributed by atoms with Gasteiger partial charge in [0.05, 0.1) is 5.75 Å². The number of carbonyl (C=O) groups is 1. The van der Waals surface area contributed by atoms with Gasteiger partial charge in [-0.15, -0.1) is 0 Å². The molecule has 0 aromatic rings. The van der Waals surface area contributed by atoms with Crippen molar-refractivity contribution in [3.05, 3.63) is 0 Å². The van der Waals surface area contributed by atoms with Gasteiger partial charge in [0, 0.05) is 25.1 Å². The van der Waals surface area contributed by atoms with E-state index in [0.29, 0.717) is 12.8 Å². The highest BCUT2D eigenvalue weighted by atomic mass is 32.2. The maximum absolute atomic E-state index is 11.6. The fourth-order valence-corrected chi connectivity index (χ4v) is 2.51. The quantitative estimate of drug-likeness (QED) is 0.745. The zero-order valence-corrected chi connectivity index (χ0v) is 9.98. The molecule has 5 heteroatoms. The van der Waals surface area contributed by atoms with E-state index >= 15 is 0 Å². The zero-order chi connectivity index (χ0) is 11.3. The molecule has 1 saturated heterocycles. The Labute approximate surface area is 91.4 Å². The van der Waals surface area contributed by atoms with E-state index in [-0.39, 0.29) is 17.5 Å². The highest BCUT2D eigenvalue weighted by Crippen LogP contribution is 2.13. The molecule has 0 spiro atoms. The van der Waals surface area contributed by atoms with Gasteiger partial charge in [-0.2, -0.15) is 0 Å². The standard InChI is InChI=1S/C10H19NO3S/c1-15(13,14)7-3-5-10(12)9-4-2-6-11-8-9/h9,11H,2-8H2,1H3. The summed E-state index contributed by atoms with van der Waals surface area (Å²) in [6.07, 6.45) is 4.07. The van der Waals surface area contributed by atoms with Crippen molar-refractivity contribution in [3.63, 3.8) is 0 Å². The molecule has 0 saturated carbocycles. The minimum atomic E-state index is -2.92. The van der Waals surface area contributed by atoms with Crippen LogP contribution in [0.5, 0.6) is 0 Å². The molecule has 0 aromatic heterocycles. The molecule has 1 N–H and O–H groups in total. The lowest BCUT2D eigenvalue weighted by Crippen LogP contribution is -2.34. The van der Waals surface area contributed by atoms with Gasteiger partial charge >= 0.3 is 0 Å². The predicted octanol–water partition coefficient (Wildman–Crippen LogP) is 0.380. The molecule has 1 fully saturated rings. The first kappa shape index (κ1) is 12.6. The van der Waals surface area contributed by atoms with Gasteiger partial charge in [-0.05, 0) is 25.8 Å². The minimum absolute atomic E-state index is 0.110. The number of piperidine rings is 1. The van der Waals surface area contributed by atoms with Gasteiger partial charge in [-0.1, -0.05) is 0 Å². The van der Waals surface area contributed by atoms with Crippen LogP contribution in [0.4, 0.5) is 0 Å². The van der Waals surface area contributed by atoms with Crippen molar-refractivity contribution < 1.29 is 13.2 Å². The number of hydrogen-bond acceptors (Lipinski definition) is 4. The van der Waals surface area contributed by atoms with E-state index in [1.165, 1.54) is 6.26 Å². The Morgan fingerprint density at radius 2 is 2.20 bits per heavy atom. The summed E-state index contributed by atoms with van der Waals surface area (Å²) < 4.78 is 21.7. The van der Waals surface area contributed by atoms with Crippen LogP contribution in [0.3, 0.4) is 0 Å². The van der Waals surface area contributed by atoms with Crippen LogP contribution in [-0.4, -0.2) is 39.3 Å². The number of ketones is 1. The summed E-state index contributed by atoms with van der Waals surface area (Å²) in [5.74, 6) is 0.447. The molecule has 1 rings (SSSR count). The Morgan fingerprint density at radius 1 is 1.47 bits per heavy atom. The van der Waals surface area contributed by atoms with Crippen molar-refractivity contribution in [2.75, 3.05) is 25.1 Å². The number of carbonyl (C=O) groups excluding carboxylic acids is 1. The SMILES string of the molecule is CS(=O)(=O)CCCC(=O)C1CCCNC1. The van der Waals surface area contributed by atoms with Crippen molar-refractivity contribution in [1.82, 2.24) is 5.32 Å². The molecule has 1 atom stereocenters. The minimum Gasteiger partial charge on any atom is -0.316 e. The molecule has 88 valence electrons. The van der Waals surface area contributed by atoms with E-state index in [9.17, 15) is 13.2 Å². The van der Waals surface area contributed by atoms with Crippen LogP contribution in [0.15, 0.2) is 0 Å². The predicted molar refractivity (Wildman–Crippen MR) is 59.5 cm³/mol. The van der Waals surface area contributed by atoms with Crippen LogP contribution in [0.25, 0.3) is 0 Å². The second kappa shape index (κ2) is 5.61. The third-order valence-electron chi connectivity index (χ3n) is 2.69. The molecule has 0 aliphatic carbocycles. The summed E-state index contributed by atoms with van der Waals surface area (Å²) in [6, 6.07) is 0. The van der Waals surface area contributed by atoms with Crippen molar-refractivity contribution in [2.24, 2.45) is 5.92 Å². The van der Waals surface area contributed by atoms with Gasteiger partial charge in [0.2, 0.25) is 0 Å². The average Bonchev–Trinajstić information content (AvgIpc) is 2.17. The maximum atomic E-state index is 11.6. The lowest BCUT2D eigenvalue weighted by molar-refractivity contribution is -0.123. The van der Waals surface area contributed by atoms with Crippen LogP contribution in [-0.2, 0) is 14.6 Å². The van der Waals surface area contributed by atoms with Gasteiger partial charge in [-0.25, -0.2) is 8.42 Å². The van der Waals surface area contributed by atoms with Crippen LogP contribution >= 0.6 is 0 Å². The molecule has 1 heterocycles. The number of hydrogen-bond donors (Lipinski definition) is 1. The molecular weight excluding hydrogens is 214 g/mol. The fraction of sp³-hybridized carbons (Fsp3) is 0.900. The smallest absolute Gasteiger partial charge is 0.147 e. The maximum Gasteiger partial charge on any atom is 0.147 e. The van der Waals surface area contributed by atoms with Crippen molar-refractivity contribution in [2.45, 2.75) is 25.7 Å². The Morgan fingerprint density at radius 3 is 2.73 bits per heavy atom. The lowest BCUT2D eigenvalue weighted by atomic mass is 9.93. The highest BCUT2D eigenvalue weighted by molar-refractivity contribution is 7.90. The third-order valence-corrected chi connectivity index (χ3v) is 3.72. The number of sulfone groups is 1. The first-order chi connectivity index (χ1) is 6.99. The molecular formula is C10H19NO3S. The summed E-state index contributed by atoms with van der Waals surface area (Å²) in [7, 11) is -2.92. The second-order valence-corrected chi connectivity index (χ2v) is 6.50. The summed E-state index contributed by atoms with van der Waals surface area (Å²) >= 11 is 0. The van der Waals surface area contributed by atoms with Crippen molar-refractivity contribution in [1.29, 1.82) is 0 Å². The van der Waals surface area contributed by atoms with Gasteiger partial charge < -0.3 is 5.32 Å². The second-order valence-electron chi connectivity index (χ2n) is 4.24. The molecule has 1 aliphatic rings. The summed E-state index contributed by atoms with van der Waals surface area (Å²) in [6.45, 7) is 1.75. The largest absolute Gasteiger partial charge is 0.316 e. The van der Waals surface area contributed by atoms with Crippen LogP contribution < -0.4 is 5.32 Å². The summed E-state index contributed by atoms with van der Waals surface area (Å²) in [5, 5.41) is 3.18. The van der Waals surface area contributed by atoms with Crippen LogP contribution in [0, 0.1) is 5.92 Å². The lowest BCUT2D eigenvalue weighted by Gasteiger charge is -2.21. The van der Waals surface area contributed by atoms with E-state index in [0.717, 1.165) is 25.9 Å². The van der Waals surface area contributed by atoms with Gasteiger partial charge in [-0.3, -0.25) is 4.79 Å².